The number of hydrogen-bond donors (Lipinski definition) is 2. The zero-order valence-corrected chi connectivity index (χ0v) is 33.2. The van der Waals surface area contributed by atoms with E-state index in [4.69, 9.17) is 24.3 Å². The highest BCUT2D eigenvalue weighted by molar-refractivity contribution is 7.47. The minimum Gasteiger partial charge on any atom is -0.462 e. The second-order valence-corrected chi connectivity index (χ2v) is 14.6. The van der Waals surface area contributed by atoms with Crippen LogP contribution in [0.25, 0.3) is 0 Å². The van der Waals surface area contributed by atoms with Crippen LogP contribution in [0.4, 0.5) is 0 Å². The summed E-state index contributed by atoms with van der Waals surface area (Å²) >= 11 is 0. The molecule has 10 heteroatoms. The molecule has 0 aromatic rings. The van der Waals surface area contributed by atoms with Gasteiger partial charge in [0, 0.05) is 19.4 Å². The van der Waals surface area contributed by atoms with Crippen molar-refractivity contribution in [2.45, 2.75) is 174 Å². The Morgan fingerprint density at radius 2 is 1.02 bits per heavy atom. The van der Waals surface area contributed by atoms with E-state index in [1.807, 2.05) is 0 Å². The molecule has 296 valence electrons. The summed E-state index contributed by atoms with van der Waals surface area (Å²) in [5.74, 6) is -0.895. The number of unbranched alkanes of at least 4 members (excludes halogenated alkanes) is 16. The Balaban J connectivity index is 4.30. The molecule has 9 nitrogen and oxygen atoms in total. The fraction of sp³-hybridized carbons (Fsp3) is 0.756. The van der Waals surface area contributed by atoms with Crippen LogP contribution < -0.4 is 5.73 Å². The SMILES string of the molecule is CCCCC/C=C/C/C=C/C/C=C/CCCCC(=O)OC[C@H](COP(=O)(O)OCCN)OC(=O)CCCCC/C=C/CCCCCCCCCC. The van der Waals surface area contributed by atoms with Crippen LogP contribution in [-0.4, -0.2) is 49.3 Å². The highest BCUT2D eigenvalue weighted by Crippen LogP contribution is 2.43. The lowest BCUT2D eigenvalue weighted by molar-refractivity contribution is -0.161. The zero-order valence-electron chi connectivity index (χ0n) is 32.3. The van der Waals surface area contributed by atoms with Gasteiger partial charge in [0.2, 0.25) is 0 Å². The molecule has 0 fully saturated rings. The molecule has 1 unspecified atom stereocenters. The lowest BCUT2D eigenvalue weighted by atomic mass is 10.1. The van der Waals surface area contributed by atoms with E-state index in [1.54, 1.807) is 0 Å². The van der Waals surface area contributed by atoms with Crippen LogP contribution >= 0.6 is 7.82 Å². The molecule has 51 heavy (non-hydrogen) atoms. The summed E-state index contributed by atoms with van der Waals surface area (Å²) in [5.41, 5.74) is 5.33. The molecule has 0 radical (unpaired) electrons. The van der Waals surface area contributed by atoms with E-state index < -0.39 is 32.5 Å². The van der Waals surface area contributed by atoms with Crippen LogP contribution in [0.3, 0.4) is 0 Å². The smallest absolute Gasteiger partial charge is 0.462 e. The van der Waals surface area contributed by atoms with Gasteiger partial charge in [0.25, 0.3) is 0 Å². The molecule has 0 aliphatic rings. The summed E-state index contributed by atoms with van der Waals surface area (Å²) in [6.45, 7) is 3.62. The third kappa shape index (κ3) is 37.5. The molecule has 0 bridgehead atoms. The minimum absolute atomic E-state index is 0.0446. The number of carbonyl (C=O) groups excluding carboxylic acids is 2. The largest absolute Gasteiger partial charge is 0.472 e. The molecule has 0 rings (SSSR count). The Morgan fingerprint density at radius 3 is 1.61 bits per heavy atom. The number of esters is 2. The molecule has 3 N–H and O–H groups in total. The lowest BCUT2D eigenvalue weighted by Gasteiger charge is -2.19. The average Bonchev–Trinajstić information content (AvgIpc) is 3.11. The topological polar surface area (TPSA) is 134 Å². The van der Waals surface area contributed by atoms with Crippen molar-refractivity contribution in [3.05, 3.63) is 48.6 Å². The number of hydrogen-bond acceptors (Lipinski definition) is 8. The van der Waals surface area contributed by atoms with Gasteiger partial charge >= 0.3 is 19.8 Å². The van der Waals surface area contributed by atoms with Gasteiger partial charge in [-0.25, -0.2) is 4.57 Å². The molecule has 0 aromatic heterocycles. The van der Waals surface area contributed by atoms with Gasteiger partial charge < -0.3 is 20.1 Å². The molecule has 0 spiro atoms. The number of ether oxygens (including phenoxy) is 2. The third-order valence-corrected chi connectivity index (χ3v) is 9.17. The van der Waals surface area contributed by atoms with Gasteiger partial charge in [-0.1, -0.05) is 127 Å². The van der Waals surface area contributed by atoms with Gasteiger partial charge in [-0.2, -0.15) is 0 Å². The fourth-order valence-electron chi connectivity index (χ4n) is 5.16. The van der Waals surface area contributed by atoms with E-state index in [0.29, 0.717) is 12.8 Å². The van der Waals surface area contributed by atoms with E-state index in [-0.39, 0.29) is 32.6 Å². The summed E-state index contributed by atoms with van der Waals surface area (Å²) in [7, 11) is -4.39. The van der Waals surface area contributed by atoms with Crippen molar-refractivity contribution < 1.29 is 37.6 Å². The predicted molar refractivity (Wildman–Crippen MR) is 210 cm³/mol. The quantitative estimate of drug-likeness (QED) is 0.0276. The Labute approximate surface area is 311 Å². The maximum absolute atomic E-state index is 12.5. The van der Waals surface area contributed by atoms with Crippen LogP contribution in [-0.2, 0) is 32.7 Å². The highest BCUT2D eigenvalue weighted by Gasteiger charge is 2.25. The van der Waals surface area contributed by atoms with Gasteiger partial charge in [-0.3, -0.25) is 18.6 Å². The molecule has 0 heterocycles. The monoisotopic (exact) mass is 740 g/mol. The van der Waals surface area contributed by atoms with E-state index in [2.05, 4.69) is 62.5 Å². The van der Waals surface area contributed by atoms with Crippen molar-refractivity contribution in [2.75, 3.05) is 26.4 Å². The molecule has 0 aromatic carbocycles. The second-order valence-electron chi connectivity index (χ2n) is 13.1. The summed E-state index contributed by atoms with van der Waals surface area (Å²) in [4.78, 5) is 34.7. The lowest BCUT2D eigenvalue weighted by Crippen LogP contribution is -2.29. The van der Waals surface area contributed by atoms with Crippen molar-refractivity contribution >= 4 is 19.8 Å². The fourth-order valence-corrected chi connectivity index (χ4v) is 5.93. The molecule has 0 saturated heterocycles. The number of phosphoric ester groups is 1. The van der Waals surface area contributed by atoms with Gasteiger partial charge in [0.05, 0.1) is 13.2 Å². The van der Waals surface area contributed by atoms with Crippen molar-refractivity contribution in [3.8, 4) is 0 Å². The van der Waals surface area contributed by atoms with E-state index in [0.717, 1.165) is 57.8 Å². The standard InChI is InChI=1S/C41H74NO8P/c1-3-5-7-9-11-13-15-17-19-21-23-25-27-29-31-33-40(43)47-37-39(38-49-51(45,46)48-36-35-42)50-41(44)34-32-30-28-26-24-22-20-18-16-14-12-10-8-6-4-2/h11,13,17,19,22-25,39H,3-10,12,14-16,18,20-21,26-38,42H2,1-2H3,(H,45,46)/b13-11+,19-17+,24-22+,25-23+/t39-/m1/s1. The van der Waals surface area contributed by atoms with Crippen molar-refractivity contribution in [1.82, 2.24) is 0 Å². The summed E-state index contributed by atoms with van der Waals surface area (Å²) in [6, 6.07) is 0. The third-order valence-electron chi connectivity index (χ3n) is 8.19. The summed E-state index contributed by atoms with van der Waals surface area (Å²) in [5, 5.41) is 0. The van der Waals surface area contributed by atoms with Gasteiger partial charge in [-0.05, 0) is 77.0 Å². The summed E-state index contributed by atoms with van der Waals surface area (Å²) in [6.07, 6.45) is 41.4. The molecular weight excluding hydrogens is 665 g/mol. The number of nitrogens with two attached hydrogens (primary N) is 1. The van der Waals surface area contributed by atoms with Crippen LogP contribution in [0, 0.1) is 0 Å². The Bertz CT molecular complexity index is 981. The first-order valence-corrected chi connectivity index (χ1v) is 21.6. The second kappa shape index (κ2) is 37.7. The van der Waals surface area contributed by atoms with Crippen LogP contribution in [0.1, 0.15) is 168 Å². The maximum atomic E-state index is 12.5. The van der Waals surface area contributed by atoms with Crippen molar-refractivity contribution in [3.63, 3.8) is 0 Å². The van der Waals surface area contributed by atoms with Gasteiger partial charge in [0.15, 0.2) is 6.10 Å². The Hall–Kier alpha value is -2.03. The number of allylic oxidation sites excluding steroid dienone is 8. The molecule has 0 amide bonds. The Kier molecular flexibility index (Phi) is 36.2. The predicted octanol–water partition coefficient (Wildman–Crippen LogP) is 11.2. The normalized spacial score (nSPS) is 13.9. The van der Waals surface area contributed by atoms with E-state index >= 15 is 0 Å². The van der Waals surface area contributed by atoms with Crippen LogP contribution in [0.15, 0.2) is 48.6 Å². The molecular formula is C41H74NO8P. The first-order valence-electron chi connectivity index (χ1n) is 20.1. The van der Waals surface area contributed by atoms with Crippen LogP contribution in [0.5, 0.6) is 0 Å². The Morgan fingerprint density at radius 1 is 0.588 bits per heavy atom. The molecule has 0 aliphatic heterocycles. The van der Waals surface area contributed by atoms with Crippen molar-refractivity contribution in [2.24, 2.45) is 5.73 Å². The molecule has 0 aliphatic carbocycles. The highest BCUT2D eigenvalue weighted by atomic mass is 31.2. The number of carbonyl (C=O) groups is 2. The molecule has 2 atom stereocenters. The minimum atomic E-state index is -4.39. The maximum Gasteiger partial charge on any atom is 0.472 e. The number of phosphoric acid groups is 1. The van der Waals surface area contributed by atoms with Crippen LogP contribution in [0.2, 0.25) is 0 Å². The van der Waals surface area contributed by atoms with Gasteiger partial charge in [0.1, 0.15) is 6.61 Å². The van der Waals surface area contributed by atoms with E-state index in [9.17, 15) is 19.0 Å². The summed E-state index contributed by atoms with van der Waals surface area (Å²) < 4.78 is 32.6. The van der Waals surface area contributed by atoms with Crippen molar-refractivity contribution in [1.29, 1.82) is 0 Å². The van der Waals surface area contributed by atoms with Gasteiger partial charge in [-0.15, -0.1) is 0 Å². The first-order chi connectivity index (χ1) is 24.8. The molecule has 0 saturated carbocycles. The average molecular weight is 740 g/mol. The van der Waals surface area contributed by atoms with E-state index in [1.165, 1.54) is 70.6 Å². The first kappa shape index (κ1) is 49.0. The number of rotatable bonds is 37. The zero-order chi connectivity index (χ0) is 37.5.